The molecule has 0 radical (unpaired) electrons. The Morgan fingerprint density at radius 2 is 1.96 bits per heavy atom. The predicted octanol–water partition coefficient (Wildman–Crippen LogP) is 5.30. The number of allylic oxidation sites excluding steroid dienone is 2. The molecule has 1 fully saturated rings. The van der Waals surface area contributed by atoms with Crippen LogP contribution in [0.1, 0.15) is 50.4 Å². The van der Waals surface area contributed by atoms with E-state index >= 15 is 0 Å². The summed E-state index contributed by atoms with van der Waals surface area (Å²) in [5, 5.41) is 4.21. The van der Waals surface area contributed by atoms with Gasteiger partial charge in [0, 0.05) is 36.8 Å². The Bertz CT molecular complexity index is 767. The average Bonchev–Trinajstić information content (AvgIpc) is 2.71. The van der Waals surface area contributed by atoms with Gasteiger partial charge in [0.25, 0.3) is 0 Å². The Hall–Kier alpha value is -1.91. The summed E-state index contributed by atoms with van der Waals surface area (Å²) in [5.74, 6) is 1.10. The number of aryl methyl sites for hydroxylation is 2. The van der Waals surface area contributed by atoms with Crippen LogP contribution < -0.4 is 10.2 Å². The van der Waals surface area contributed by atoms with Crippen LogP contribution in [0.15, 0.2) is 36.7 Å². The molecule has 0 atom stereocenters. The van der Waals surface area contributed by atoms with E-state index in [9.17, 15) is 0 Å². The molecule has 1 aromatic carbocycles. The molecule has 1 aromatic heterocycles. The molecule has 3 rings (SSSR count). The number of nitrogens with one attached hydrogen (secondary N) is 1. The third-order valence-corrected chi connectivity index (χ3v) is 5.15. The number of benzene rings is 1. The first-order chi connectivity index (χ1) is 13.6. The van der Waals surface area contributed by atoms with Gasteiger partial charge in [-0.3, -0.25) is 0 Å². The van der Waals surface area contributed by atoms with E-state index in [0.29, 0.717) is 0 Å². The molecule has 1 saturated heterocycles. The van der Waals surface area contributed by atoms with Gasteiger partial charge < -0.3 is 10.2 Å². The van der Waals surface area contributed by atoms with Gasteiger partial charge in [-0.15, -0.1) is 0 Å². The number of halogens is 1. The first kappa shape index (κ1) is 22.4. The molecule has 1 N–H and O–H groups in total. The summed E-state index contributed by atoms with van der Waals surface area (Å²) in [6.45, 7) is 12.6. The van der Waals surface area contributed by atoms with Gasteiger partial charge >= 0.3 is 0 Å². The van der Waals surface area contributed by atoms with E-state index < -0.39 is 0 Å². The standard InChI is InChI=1S/C14H22N4.C9H11Cl/c1-4-12(5-2)13-11(3)16-10-17-14(13)18-8-6-15-7-9-18;1-2-4-8-5-3-6-9(10)7-8/h4,10,15H,5-9H2,1-3H3;3,5-7H,2,4H2,1H3/b12-4-;. The van der Waals surface area contributed by atoms with Crippen LogP contribution in [0.5, 0.6) is 0 Å². The van der Waals surface area contributed by atoms with Crippen molar-refractivity contribution in [1.29, 1.82) is 0 Å². The Morgan fingerprint density at radius 3 is 2.57 bits per heavy atom. The molecule has 2 aromatic rings. The van der Waals surface area contributed by atoms with Crippen molar-refractivity contribution in [2.75, 3.05) is 31.1 Å². The first-order valence-corrected chi connectivity index (χ1v) is 10.7. The molecule has 4 nitrogen and oxygen atoms in total. The molecule has 5 heteroatoms. The van der Waals surface area contributed by atoms with Crippen LogP contribution in [0.3, 0.4) is 0 Å². The smallest absolute Gasteiger partial charge is 0.139 e. The lowest BCUT2D eigenvalue weighted by Crippen LogP contribution is -2.44. The molecule has 1 aliphatic rings. The molecule has 152 valence electrons. The number of nitrogens with zero attached hydrogens (tertiary/aromatic N) is 3. The molecule has 1 aliphatic heterocycles. The summed E-state index contributed by atoms with van der Waals surface area (Å²) in [4.78, 5) is 11.2. The topological polar surface area (TPSA) is 41.1 Å². The molecule has 0 aliphatic carbocycles. The minimum absolute atomic E-state index is 0.839. The van der Waals surface area contributed by atoms with E-state index in [2.05, 4.69) is 60.0 Å². The molecule has 0 bridgehead atoms. The normalized spacial score (nSPS) is 14.5. The molecule has 28 heavy (non-hydrogen) atoms. The molecular weight excluding hydrogens is 368 g/mol. The number of anilines is 1. The van der Waals surface area contributed by atoms with E-state index in [1.54, 1.807) is 6.33 Å². The summed E-state index contributed by atoms with van der Waals surface area (Å²) in [6, 6.07) is 8.02. The fourth-order valence-corrected chi connectivity index (χ4v) is 3.67. The maximum atomic E-state index is 5.78. The van der Waals surface area contributed by atoms with Crippen LogP contribution in [0.4, 0.5) is 5.82 Å². The predicted molar refractivity (Wildman–Crippen MR) is 121 cm³/mol. The zero-order valence-corrected chi connectivity index (χ0v) is 18.4. The largest absolute Gasteiger partial charge is 0.353 e. The summed E-state index contributed by atoms with van der Waals surface area (Å²) < 4.78 is 0. The van der Waals surface area contributed by atoms with Gasteiger partial charge in [-0.05, 0) is 50.0 Å². The first-order valence-electron chi connectivity index (χ1n) is 10.3. The quantitative estimate of drug-likeness (QED) is 0.739. The molecule has 0 spiro atoms. The van der Waals surface area contributed by atoms with E-state index in [1.807, 2.05) is 18.2 Å². The molecule has 2 heterocycles. The average molecular weight is 401 g/mol. The highest BCUT2D eigenvalue weighted by atomic mass is 35.5. The Morgan fingerprint density at radius 1 is 1.21 bits per heavy atom. The second-order valence-electron chi connectivity index (χ2n) is 6.94. The fourth-order valence-electron chi connectivity index (χ4n) is 3.46. The Balaban J connectivity index is 0.000000237. The molecule has 0 unspecified atom stereocenters. The van der Waals surface area contributed by atoms with Gasteiger partial charge in [0.1, 0.15) is 12.1 Å². The van der Waals surface area contributed by atoms with Gasteiger partial charge in [0.15, 0.2) is 0 Å². The lowest BCUT2D eigenvalue weighted by molar-refractivity contribution is 0.584. The summed E-state index contributed by atoms with van der Waals surface area (Å²) in [6.07, 6.45) is 7.18. The van der Waals surface area contributed by atoms with E-state index in [-0.39, 0.29) is 0 Å². The number of hydrogen-bond donors (Lipinski definition) is 1. The second-order valence-corrected chi connectivity index (χ2v) is 7.38. The summed E-state index contributed by atoms with van der Waals surface area (Å²) in [5.41, 5.74) is 4.97. The van der Waals surface area contributed by atoms with Crippen LogP contribution >= 0.6 is 11.6 Å². The minimum Gasteiger partial charge on any atom is -0.353 e. The fraction of sp³-hybridized carbons (Fsp3) is 0.478. The Kier molecular flexibility index (Phi) is 9.45. The van der Waals surface area contributed by atoms with Gasteiger partial charge in [-0.2, -0.15) is 0 Å². The number of aromatic nitrogens is 2. The van der Waals surface area contributed by atoms with Crippen molar-refractivity contribution in [3.63, 3.8) is 0 Å². The lowest BCUT2D eigenvalue weighted by Gasteiger charge is -2.30. The third kappa shape index (κ3) is 6.32. The van der Waals surface area contributed by atoms with Crippen molar-refractivity contribution in [2.24, 2.45) is 0 Å². The second kappa shape index (κ2) is 11.8. The van der Waals surface area contributed by atoms with Crippen LogP contribution in [-0.4, -0.2) is 36.1 Å². The van der Waals surface area contributed by atoms with Gasteiger partial charge in [-0.1, -0.05) is 50.1 Å². The van der Waals surface area contributed by atoms with Crippen molar-refractivity contribution in [3.8, 4) is 0 Å². The van der Waals surface area contributed by atoms with Crippen LogP contribution in [-0.2, 0) is 6.42 Å². The van der Waals surface area contributed by atoms with Crippen molar-refractivity contribution < 1.29 is 0 Å². The van der Waals surface area contributed by atoms with Gasteiger partial charge in [-0.25, -0.2) is 9.97 Å². The van der Waals surface area contributed by atoms with Gasteiger partial charge in [0.2, 0.25) is 0 Å². The van der Waals surface area contributed by atoms with Gasteiger partial charge in [0.05, 0.1) is 5.69 Å². The summed E-state index contributed by atoms with van der Waals surface area (Å²) in [7, 11) is 0. The highest BCUT2D eigenvalue weighted by Gasteiger charge is 2.19. The highest BCUT2D eigenvalue weighted by Crippen LogP contribution is 2.29. The van der Waals surface area contributed by atoms with E-state index in [0.717, 1.165) is 55.6 Å². The Labute approximate surface area is 175 Å². The van der Waals surface area contributed by atoms with Crippen LogP contribution in [0.25, 0.3) is 5.57 Å². The van der Waals surface area contributed by atoms with Crippen molar-refractivity contribution >= 4 is 23.0 Å². The minimum atomic E-state index is 0.839. The maximum Gasteiger partial charge on any atom is 0.139 e. The zero-order valence-electron chi connectivity index (χ0n) is 17.6. The SMILES string of the molecule is C/C=C(/CC)c1c(C)ncnc1N1CCNCC1.CCCc1cccc(Cl)c1. The van der Waals surface area contributed by atoms with Crippen molar-refractivity contribution in [1.82, 2.24) is 15.3 Å². The maximum absolute atomic E-state index is 5.78. The number of hydrogen-bond acceptors (Lipinski definition) is 4. The van der Waals surface area contributed by atoms with E-state index in [1.165, 1.54) is 23.1 Å². The van der Waals surface area contributed by atoms with Crippen LogP contribution in [0, 0.1) is 6.92 Å². The van der Waals surface area contributed by atoms with Crippen LogP contribution in [0.2, 0.25) is 5.02 Å². The molecule has 0 saturated carbocycles. The summed E-state index contributed by atoms with van der Waals surface area (Å²) >= 11 is 5.78. The molecular formula is C23H33ClN4. The highest BCUT2D eigenvalue weighted by molar-refractivity contribution is 6.30. The van der Waals surface area contributed by atoms with Crippen molar-refractivity contribution in [2.45, 2.75) is 47.0 Å². The molecule has 0 amide bonds. The lowest BCUT2D eigenvalue weighted by atomic mass is 10.0. The number of rotatable bonds is 5. The van der Waals surface area contributed by atoms with Crippen molar-refractivity contribution in [3.05, 3.63) is 58.5 Å². The monoisotopic (exact) mass is 400 g/mol. The van der Waals surface area contributed by atoms with E-state index in [4.69, 9.17) is 11.6 Å². The number of piperazine rings is 1. The third-order valence-electron chi connectivity index (χ3n) is 4.91. The zero-order chi connectivity index (χ0) is 20.4.